The Hall–Kier alpha value is -2.13. The van der Waals surface area contributed by atoms with Crippen molar-refractivity contribution in [2.24, 2.45) is 5.14 Å². The normalized spacial score (nSPS) is 10.8. The highest BCUT2D eigenvalue weighted by atomic mass is 32.2. The Labute approximate surface area is 109 Å². The molecule has 0 aliphatic heterocycles. The molecule has 1 rings (SSSR count). The highest BCUT2D eigenvalue weighted by molar-refractivity contribution is 7.89. The van der Waals surface area contributed by atoms with Crippen molar-refractivity contribution in [1.82, 2.24) is 5.32 Å². The number of hydrogen-bond donors (Lipinski definition) is 4. The van der Waals surface area contributed by atoms with Crippen LogP contribution >= 0.6 is 0 Å². The second-order valence-corrected chi connectivity index (χ2v) is 5.16. The van der Waals surface area contributed by atoms with E-state index < -0.39 is 22.0 Å². The fourth-order valence-electron chi connectivity index (χ4n) is 1.21. The first-order valence-electron chi connectivity index (χ1n) is 5.18. The molecule has 9 heteroatoms. The molecule has 0 saturated carbocycles. The van der Waals surface area contributed by atoms with Gasteiger partial charge in [-0.1, -0.05) is 6.07 Å². The number of rotatable bonds is 5. The lowest BCUT2D eigenvalue weighted by Crippen LogP contribution is -2.30. The summed E-state index contributed by atoms with van der Waals surface area (Å²) in [6.07, 6.45) is -0.204. The van der Waals surface area contributed by atoms with Crippen molar-refractivity contribution >= 4 is 27.7 Å². The van der Waals surface area contributed by atoms with Gasteiger partial charge in [0.15, 0.2) is 0 Å². The molecule has 8 nitrogen and oxygen atoms in total. The van der Waals surface area contributed by atoms with Gasteiger partial charge in [-0.3, -0.25) is 4.79 Å². The van der Waals surface area contributed by atoms with Crippen LogP contribution in [0.4, 0.5) is 10.5 Å². The molecule has 0 bridgehead atoms. The number of hydrogen-bond acceptors (Lipinski definition) is 4. The number of carbonyl (C=O) groups is 2. The Morgan fingerprint density at radius 1 is 1.32 bits per heavy atom. The molecule has 0 fully saturated rings. The highest BCUT2D eigenvalue weighted by Gasteiger charge is 2.09. The first-order valence-corrected chi connectivity index (χ1v) is 6.73. The fourth-order valence-corrected chi connectivity index (χ4v) is 1.77. The number of carboxylic acid groups (broad SMARTS) is 1. The van der Waals surface area contributed by atoms with Crippen molar-refractivity contribution < 1.29 is 23.1 Å². The molecule has 0 radical (unpaired) electrons. The monoisotopic (exact) mass is 287 g/mol. The van der Waals surface area contributed by atoms with Crippen molar-refractivity contribution in [2.75, 3.05) is 11.9 Å². The predicted molar refractivity (Wildman–Crippen MR) is 67.1 cm³/mol. The van der Waals surface area contributed by atoms with Crippen molar-refractivity contribution in [3.63, 3.8) is 0 Å². The lowest BCUT2D eigenvalue weighted by Gasteiger charge is -2.07. The Morgan fingerprint density at radius 3 is 2.58 bits per heavy atom. The van der Waals surface area contributed by atoms with E-state index in [1.54, 1.807) is 0 Å². The molecule has 0 atom stereocenters. The van der Waals surface area contributed by atoms with Gasteiger partial charge in [0.2, 0.25) is 10.0 Å². The average molecular weight is 287 g/mol. The summed E-state index contributed by atoms with van der Waals surface area (Å²) in [5.41, 5.74) is 0.236. The maximum atomic E-state index is 11.4. The summed E-state index contributed by atoms with van der Waals surface area (Å²) in [4.78, 5) is 21.5. The van der Waals surface area contributed by atoms with E-state index in [9.17, 15) is 18.0 Å². The third kappa shape index (κ3) is 5.36. The molecule has 1 aromatic rings. The molecule has 19 heavy (non-hydrogen) atoms. The average Bonchev–Trinajstić information content (AvgIpc) is 2.27. The van der Waals surface area contributed by atoms with Crippen LogP contribution in [0.1, 0.15) is 6.42 Å². The molecule has 0 aliphatic rings. The predicted octanol–water partition coefficient (Wildman–Crippen LogP) is -0.0698. The van der Waals surface area contributed by atoms with E-state index in [1.807, 2.05) is 0 Å². The van der Waals surface area contributed by atoms with Crippen molar-refractivity contribution in [1.29, 1.82) is 0 Å². The summed E-state index contributed by atoms with van der Waals surface area (Å²) >= 11 is 0. The number of sulfonamides is 1. The van der Waals surface area contributed by atoms with Gasteiger partial charge in [0.05, 0.1) is 11.3 Å². The first-order chi connectivity index (χ1) is 8.79. The molecule has 0 unspecified atom stereocenters. The van der Waals surface area contributed by atoms with Crippen LogP contribution in [0.5, 0.6) is 0 Å². The Morgan fingerprint density at radius 2 is 2.00 bits per heavy atom. The number of primary sulfonamides is 1. The minimum absolute atomic E-state index is 0.0317. The minimum atomic E-state index is -3.84. The van der Waals surface area contributed by atoms with Gasteiger partial charge < -0.3 is 15.7 Å². The SMILES string of the molecule is NS(=O)(=O)c1cccc(NC(=O)NCCC(=O)O)c1. The largest absolute Gasteiger partial charge is 0.481 e. The summed E-state index contributed by atoms with van der Waals surface area (Å²) in [7, 11) is -3.84. The lowest BCUT2D eigenvalue weighted by atomic mass is 10.3. The number of amides is 2. The molecule has 2 amide bonds. The summed E-state index contributed by atoms with van der Waals surface area (Å²) in [5, 5.41) is 18.0. The molecular formula is C10H13N3O5S. The van der Waals surface area contributed by atoms with Gasteiger partial charge in [0.25, 0.3) is 0 Å². The minimum Gasteiger partial charge on any atom is -0.481 e. The number of benzene rings is 1. The van der Waals surface area contributed by atoms with Crippen LogP contribution in [-0.4, -0.2) is 32.1 Å². The number of carbonyl (C=O) groups excluding carboxylic acids is 1. The van der Waals surface area contributed by atoms with Gasteiger partial charge in [-0.2, -0.15) is 0 Å². The van der Waals surface area contributed by atoms with Crippen LogP contribution in [0.25, 0.3) is 0 Å². The van der Waals surface area contributed by atoms with E-state index in [-0.39, 0.29) is 23.5 Å². The van der Waals surface area contributed by atoms with Crippen molar-refractivity contribution in [2.45, 2.75) is 11.3 Å². The van der Waals surface area contributed by atoms with Gasteiger partial charge in [-0.15, -0.1) is 0 Å². The summed E-state index contributed by atoms with van der Waals surface area (Å²) in [6, 6.07) is 4.76. The Balaban J connectivity index is 2.62. The summed E-state index contributed by atoms with van der Waals surface area (Å²) in [6.45, 7) is -0.0317. The fraction of sp³-hybridized carbons (Fsp3) is 0.200. The van der Waals surface area contributed by atoms with E-state index in [1.165, 1.54) is 24.3 Å². The van der Waals surface area contributed by atoms with Crippen LogP contribution in [-0.2, 0) is 14.8 Å². The zero-order chi connectivity index (χ0) is 14.5. The topological polar surface area (TPSA) is 139 Å². The molecular weight excluding hydrogens is 274 g/mol. The molecule has 104 valence electrons. The number of nitrogens with two attached hydrogens (primary N) is 1. The van der Waals surface area contributed by atoms with Crippen molar-refractivity contribution in [3.05, 3.63) is 24.3 Å². The van der Waals surface area contributed by atoms with Crippen LogP contribution < -0.4 is 15.8 Å². The summed E-state index contributed by atoms with van der Waals surface area (Å²) in [5.74, 6) is -1.03. The van der Waals surface area contributed by atoms with E-state index in [0.717, 1.165) is 0 Å². The molecule has 1 aromatic carbocycles. The van der Waals surface area contributed by atoms with E-state index >= 15 is 0 Å². The van der Waals surface area contributed by atoms with Crippen LogP contribution in [0.3, 0.4) is 0 Å². The third-order valence-electron chi connectivity index (χ3n) is 2.04. The van der Waals surface area contributed by atoms with Gasteiger partial charge in [0.1, 0.15) is 0 Å². The molecule has 0 heterocycles. The van der Waals surface area contributed by atoms with Gasteiger partial charge >= 0.3 is 12.0 Å². The zero-order valence-corrected chi connectivity index (χ0v) is 10.6. The van der Waals surface area contributed by atoms with Crippen LogP contribution in [0.2, 0.25) is 0 Å². The number of anilines is 1. The first kappa shape index (κ1) is 14.9. The van der Waals surface area contributed by atoms with Gasteiger partial charge in [-0.05, 0) is 18.2 Å². The number of urea groups is 1. The van der Waals surface area contributed by atoms with Crippen LogP contribution in [0.15, 0.2) is 29.2 Å². The smallest absolute Gasteiger partial charge is 0.319 e. The highest BCUT2D eigenvalue weighted by Crippen LogP contribution is 2.13. The van der Waals surface area contributed by atoms with Crippen molar-refractivity contribution in [3.8, 4) is 0 Å². The maximum Gasteiger partial charge on any atom is 0.319 e. The van der Waals surface area contributed by atoms with Crippen LogP contribution in [0, 0.1) is 0 Å². The summed E-state index contributed by atoms with van der Waals surface area (Å²) < 4.78 is 22.2. The Kier molecular flexibility index (Phi) is 4.84. The zero-order valence-electron chi connectivity index (χ0n) is 9.79. The lowest BCUT2D eigenvalue weighted by molar-refractivity contribution is -0.136. The second kappa shape index (κ2) is 6.16. The molecule has 0 aliphatic carbocycles. The maximum absolute atomic E-state index is 11.4. The Bertz CT molecular complexity index is 585. The number of nitrogens with one attached hydrogen (secondary N) is 2. The van der Waals surface area contributed by atoms with Gasteiger partial charge in [-0.25, -0.2) is 18.4 Å². The number of carboxylic acids is 1. The molecule has 0 spiro atoms. The number of aliphatic carboxylic acids is 1. The van der Waals surface area contributed by atoms with E-state index in [2.05, 4.69) is 10.6 Å². The molecule has 0 saturated heterocycles. The van der Waals surface area contributed by atoms with Gasteiger partial charge in [0, 0.05) is 12.2 Å². The third-order valence-corrected chi connectivity index (χ3v) is 2.96. The second-order valence-electron chi connectivity index (χ2n) is 3.60. The van der Waals surface area contributed by atoms with E-state index in [4.69, 9.17) is 10.2 Å². The van der Waals surface area contributed by atoms with E-state index in [0.29, 0.717) is 0 Å². The molecule has 0 aromatic heterocycles. The quantitative estimate of drug-likeness (QED) is 0.600. The standard InChI is InChI=1S/C10H13N3O5S/c11-19(17,18)8-3-1-2-7(6-8)13-10(16)12-5-4-9(14)15/h1-3,6H,4-5H2,(H,14,15)(H2,11,17,18)(H2,12,13,16). The molecule has 5 N–H and O–H groups in total.